The van der Waals surface area contributed by atoms with Crippen LogP contribution in [0.5, 0.6) is 0 Å². The molecule has 0 aliphatic carbocycles. The Morgan fingerprint density at radius 3 is 2.50 bits per heavy atom. The van der Waals surface area contributed by atoms with Crippen LogP contribution in [0.4, 0.5) is 5.69 Å². The minimum atomic E-state index is -0.276. The molecule has 1 saturated heterocycles. The highest BCUT2D eigenvalue weighted by Crippen LogP contribution is 2.36. The fourth-order valence-electron chi connectivity index (χ4n) is 3.21. The summed E-state index contributed by atoms with van der Waals surface area (Å²) < 4.78 is 0.842. The average molecular weight is 387 g/mol. The van der Waals surface area contributed by atoms with E-state index in [1.165, 1.54) is 0 Å². The fourth-order valence-corrected chi connectivity index (χ4v) is 3.59. The molecule has 1 fully saturated rings. The summed E-state index contributed by atoms with van der Waals surface area (Å²) >= 11 is 3.45. The summed E-state index contributed by atoms with van der Waals surface area (Å²) in [5.41, 5.74) is 1.73. The second-order valence-electron chi connectivity index (χ2n) is 5.97. The predicted octanol–water partition coefficient (Wildman–Crippen LogP) is 4.00. The Labute approximate surface area is 150 Å². The molecular formula is C19H19BrN2O2. The first-order valence-electron chi connectivity index (χ1n) is 7.94. The van der Waals surface area contributed by atoms with Crippen molar-refractivity contribution in [3.05, 3.63) is 64.6 Å². The van der Waals surface area contributed by atoms with Crippen LogP contribution in [-0.4, -0.2) is 23.8 Å². The molecule has 0 aromatic heterocycles. The molecule has 124 valence electrons. The Bertz CT molecular complexity index is 748. The molecule has 1 heterocycles. The van der Waals surface area contributed by atoms with E-state index in [-0.39, 0.29) is 23.8 Å². The summed E-state index contributed by atoms with van der Waals surface area (Å²) in [5.74, 6) is -0.258. The van der Waals surface area contributed by atoms with Crippen molar-refractivity contribution in [3.8, 4) is 0 Å². The molecule has 0 radical (unpaired) electrons. The monoisotopic (exact) mass is 386 g/mol. The van der Waals surface area contributed by atoms with Crippen LogP contribution in [0, 0.1) is 5.92 Å². The van der Waals surface area contributed by atoms with Gasteiger partial charge >= 0.3 is 0 Å². The average Bonchev–Trinajstić information content (AvgIpc) is 2.60. The van der Waals surface area contributed by atoms with Gasteiger partial charge in [-0.1, -0.05) is 42.5 Å². The highest BCUT2D eigenvalue weighted by Gasteiger charge is 2.38. The largest absolute Gasteiger partial charge is 0.338 e. The summed E-state index contributed by atoms with van der Waals surface area (Å²) in [6.45, 7) is 0. The molecule has 1 aliphatic rings. The molecule has 4 nitrogen and oxygen atoms in total. The summed E-state index contributed by atoms with van der Waals surface area (Å²) in [4.78, 5) is 26.7. The van der Waals surface area contributed by atoms with Crippen LogP contribution < -0.4 is 5.32 Å². The second kappa shape index (κ2) is 7.18. The molecule has 0 bridgehead atoms. The Kier molecular flexibility index (Phi) is 5.00. The van der Waals surface area contributed by atoms with Gasteiger partial charge in [-0.15, -0.1) is 0 Å². The van der Waals surface area contributed by atoms with Gasteiger partial charge in [0.1, 0.15) is 0 Å². The number of anilines is 1. The van der Waals surface area contributed by atoms with Gasteiger partial charge in [-0.05, 0) is 40.0 Å². The normalized spacial score (nSPS) is 20.8. The van der Waals surface area contributed by atoms with Gasteiger partial charge in [0.25, 0.3) is 0 Å². The third-order valence-corrected chi connectivity index (χ3v) is 5.16. The molecule has 1 N–H and O–H groups in total. The third-order valence-electron chi connectivity index (χ3n) is 4.47. The predicted molar refractivity (Wildman–Crippen MR) is 97.4 cm³/mol. The van der Waals surface area contributed by atoms with Crippen LogP contribution in [0.2, 0.25) is 0 Å². The van der Waals surface area contributed by atoms with Gasteiger partial charge in [-0.2, -0.15) is 0 Å². The van der Waals surface area contributed by atoms with E-state index in [4.69, 9.17) is 0 Å². The maximum Gasteiger partial charge on any atom is 0.229 e. The molecule has 0 unspecified atom stereocenters. The van der Waals surface area contributed by atoms with E-state index >= 15 is 0 Å². The van der Waals surface area contributed by atoms with E-state index in [2.05, 4.69) is 21.2 Å². The van der Waals surface area contributed by atoms with Crippen molar-refractivity contribution in [3.63, 3.8) is 0 Å². The standard InChI is InChI=1S/C19H19BrN2O2/c1-22-17(23)12-11-14(18(22)13-7-3-2-4-8-13)19(24)21-16-10-6-5-9-15(16)20/h2-10,14,18H,11-12H2,1H3,(H,21,24)/t14-,18+/m1/s1. The number of likely N-dealkylation sites (tertiary alicyclic amines) is 1. The molecule has 2 amide bonds. The first kappa shape index (κ1) is 16.7. The molecule has 3 rings (SSSR count). The third kappa shape index (κ3) is 3.36. The Morgan fingerprint density at radius 1 is 1.12 bits per heavy atom. The van der Waals surface area contributed by atoms with E-state index in [1.54, 1.807) is 11.9 Å². The molecule has 5 heteroatoms. The van der Waals surface area contributed by atoms with E-state index in [9.17, 15) is 9.59 Å². The number of halogens is 1. The van der Waals surface area contributed by atoms with Crippen LogP contribution in [0.3, 0.4) is 0 Å². The number of nitrogens with zero attached hydrogens (tertiary/aromatic N) is 1. The molecule has 24 heavy (non-hydrogen) atoms. The van der Waals surface area contributed by atoms with Crippen molar-refractivity contribution in [2.24, 2.45) is 5.92 Å². The lowest BCUT2D eigenvalue weighted by Crippen LogP contribution is -2.44. The molecule has 2 aromatic rings. The summed E-state index contributed by atoms with van der Waals surface area (Å²) in [5, 5.41) is 2.99. The van der Waals surface area contributed by atoms with Gasteiger partial charge in [0.15, 0.2) is 0 Å². The van der Waals surface area contributed by atoms with Crippen molar-refractivity contribution in [1.29, 1.82) is 0 Å². The first-order chi connectivity index (χ1) is 11.6. The van der Waals surface area contributed by atoms with Gasteiger partial charge < -0.3 is 10.2 Å². The zero-order chi connectivity index (χ0) is 17.1. The van der Waals surface area contributed by atoms with Gasteiger partial charge in [-0.25, -0.2) is 0 Å². The molecule has 2 atom stereocenters. The molecular weight excluding hydrogens is 368 g/mol. The highest BCUT2D eigenvalue weighted by atomic mass is 79.9. The number of amides is 2. The van der Waals surface area contributed by atoms with Gasteiger partial charge in [0, 0.05) is 17.9 Å². The zero-order valence-electron chi connectivity index (χ0n) is 13.4. The number of carbonyl (C=O) groups is 2. The zero-order valence-corrected chi connectivity index (χ0v) is 15.0. The number of nitrogens with one attached hydrogen (secondary N) is 1. The van der Waals surface area contributed by atoms with Crippen LogP contribution in [0.1, 0.15) is 24.4 Å². The smallest absolute Gasteiger partial charge is 0.229 e. The molecule has 0 spiro atoms. The highest BCUT2D eigenvalue weighted by molar-refractivity contribution is 9.10. The number of hydrogen-bond acceptors (Lipinski definition) is 2. The number of hydrogen-bond donors (Lipinski definition) is 1. The van der Waals surface area contributed by atoms with Crippen molar-refractivity contribution >= 4 is 33.4 Å². The quantitative estimate of drug-likeness (QED) is 0.866. The van der Waals surface area contributed by atoms with E-state index in [1.807, 2.05) is 54.6 Å². The van der Waals surface area contributed by atoms with E-state index in [0.29, 0.717) is 12.8 Å². The fraction of sp³-hybridized carbons (Fsp3) is 0.263. The maximum atomic E-state index is 12.9. The first-order valence-corrected chi connectivity index (χ1v) is 8.73. The van der Waals surface area contributed by atoms with Crippen LogP contribution in [0.25, 0.3) is 0 Å². The van der Waals surface area contributed by atoms with E-state index in [0.717, 1.165) is 15.7 Å². The maximum absolute atomic E-state index is 12.9. The lowest BCUT2D eigenvalue weighted by molar-refractivity contribution is -0.140. The number of benzene rings is 2. The number of rotatable bonds is 3. The van der Waals surface area contributed by atoms with Crippen LogP contribution >= 0.6 is 15.9 Å². The van der Waals surface area contributed by atoms with Crippen LogP contribution in [-0.2, 0) is 9.59 Å². The minimum absolute atomic E-state index is 0.0601. The Balaban J connectivity index is 1.88. The number of carbonyl (C=O) groups excluding carboxylic acids is 2. The Morgan fingerprint density at radius 2 is 1.79 bits per heavy atom. The van der Waals surface area contributed by atoms with Crippen molar-refractivity contribution < 1.29 is 9.59 Å². The SMILES string of the molecule is CN1C(=O)CC[C@@H](C(=O)Nc2ccccc2Br)[C@@H]1c1ccccc1. The number of para-hydroxylation sites is 1. The topological polar surface area (TPSA) is 49.4 Å². The Hall–Kier alpha value is -2.14. The van der Waals surface area contributed by atoms with Gasteiger partial charge in [-0.3, -0.25) is 9.59 Å². The van der Waals surface area contributed by atoms with Crippen LogP contribution in [0.15, 0.2) is 59.1 Å². The lowest BCUT2D eigenvalue weighted by atomic mass is 9.84. The molecule has 0 saturated carbocycles. The second-order valence-corrected chi connectivity index (χ2v) is 6.83. The van der Waals surface area contributed by atoms with Crippen molar-refractivity contribution in [2.75, 3.05) is 12.4 Å². The summed E-state index contributed by atoms with van der Waals surface area (Å²) in [6.07, 6.45) is 0.951. The van der Waals surface area contributed by atoms with Crippen molar-refractivity contribution in [1.82, 2.24) is 4.90 Å². The number of piperidine rings is 1. The van der Waals surface area contributed by atoms with Crippen molar-refractivity contribution in [2.45, 2.75) is 18.9 Å². The minimum Gasteiger partial charge on any atom is -0.338 e. The van der Waals surface area contributed by atoms with Gasteiger partial charge in [0.2, 0.25) is 11.8 Å². The summed E-state index contributed by atoms with van der Waals surface area (Å²) in [7, 11) is 1.78. The van der Waals surface area contributed by atoms with E-state index < -0.39 is 0 Å². The molecule has 1 aliphatic heterocycles. The summed E-state index contributed by atoms with van der Waals surface area (Å²) in [6, 6.07) is 17.0. The lowest BCUT2D eigenvalue weighted by Gasteiger charge is -2.38. The molecule has 2 aromatic carbocycles. The van der Waals surface area contributed by atoms with Gasteiger partial charge in [0.05, 0.1) is 17.6 Å².